The Labute approximate surface area is 211 Å². The van der Waals surface area contributed by atoms with Gasteiger partial charge in [-0.05, 0) is 65.8 Å². The highest BCUT2D eigenvalue weighted by molar-refractivity contribution is 8.26. The summed E-state index contributed by atoms with van der Waals surface area (Å²) in [6.45, 7) is 0.405. The molecule has 1 saturated heterocycles. The van der Waals surface area contributed by atoms with Gasteiger partial charge in [-0.15, -0.1) is 0 Å². The Balaban J connectivity index is 1.46. The molecule has 3 aromatic carbocycles. The molecule has 0 aliphatic carbocycles. The molecule has 1 heterocycles. The molecule has 34 heavy (non-hydrogen) atoms. The standard InChI is InChI=1S/C25H19ClN2O4S2/c1-31-21-13-17(7-12-20(21)32-15-16-5-3-2-4-6-16)14-22-24(30)28(25(33)34-22)27-23(29)18-8-10-19(26)11-9-18/h2-14H,15H2,1H3,(H,27,29)/b22-14+. The summed E-state index contributed by atoms with van der Waals surface area (Å²) in [4.78, 5) is 25.7. The van der Waals surface area contributed by atoms with Crippen molar-refractivity contribution in [2.45, 2.75) is 6.61 Å². The zero-order valence-electron chi connectivity index (χ0n) is 18.0. The Kier molecular flexibility index (Phi) is 7.52. The van der Waals surface area contributed by atoms with E-state index < -0.39 is 11.8 Å². The molecule has 2 amide bonds. The highest BCUT2D eigenvalue weighted by Crippen LogP contribution is 2.34. The molecule has 172 valence electrons. The second-order valence-electron chi connectivity index (χ2n) is 7.15. The maximum atomic E-state index is 12.9. The van der Waals surface area contributed by atoms with Crippen molar-refractivity contribution < 1.29 is 19.1 Å². The van der Waals surface area contributed by atoms with Crippen molar-refractivity contribution in [3.05, 3.63) is 99.4 Å². The van der Waals surface area contributed by atoms with Gasteiger partial charge in [0.2, 0.25) is 0 Å². The lowest BCUT2D eigenvalue weighted by Gasteiger charge is -2.15. The molecule has 0 radical (unpaired) electrons. The van der Waals surface area contributed by atoms with Crippen LogP contribution in [0.5, 0.6) is 11.5 Å². The summed E-state index contributed by atoms with van der Waals surface area (Å²) in [7, 11) is 1.56. The van der Waals surface area contributed by atoms with Gasteiger partial charge in [0.15, 0.2) is 15.8 Å². The predicted molar refractivity (Wildman–Crippen MR) is 138 cm³/mol. The third kappa shape index (κ3) is 5.59. The molecule has 0 saturated carbocycles. The largest absolute Gasteiger partial charge is 0.493 e. The first kappa shape index (κ1) is 23.8. The van der Waals surface area contributed by atoms with Gasteiger partial charge in [0.05, 0.1) is 12.0 Å². The van der Waals surface area contributed by atoms with Crippen LogP contribution in [0.1, 0.15) is 21.5 Å². The molecule has 1 N–H and O–H groups in total. The third-order valence-corrected chi connectivity index (χ3v) is 6.39. The lowest BCUT2D eigenvalue weighted by atomic mass is 10.2. The molecule has 1 fully saturated rings. The number of thiocarbonyl (C=S) groups is 1. The van der Waals surface area contributed by atoms with Crippen molar-refractivity contribution in [3.63, 3.8) is 0 Å². The van der Waals surface area contributed by atoms with Crippen LogP contribution in [0.25, 0.3) is 6.08 Å². The van der Waals surface area contributed by atoms with Crippen LogP contribution < -0.4 is 14.9 Å². The first-order chi connectivity index (χ1) is 16.4. The number of rotatable bonds is 7. The van der Waals surface area contributed by atoms with Crippen LogP contribution in [-0.4, -0.2) is 28.3 Å². The van der Waals surface area contributed by atoms with Gasteiger partial charge in [-0.3, -0.25) is 15.0 Å². The fourth-order valence-corrected chi connectivity index (χ4v) is 4.42. The highest BCUT2D eigenvalue weighted by Gasteiger charge is 2.33. The summed E-state index contributed by atoms with van der Waals surface area (Å²) in [5.74, 6) is 0.249. The Morgan fingerprint density at radius 2 is 1.82 bits per heavy atom. The minimum absolute atomic E-state index is 0.230. The summed E-state index contributed by atoms with van der Waals surface area (Å²) in [5.41, 5.74) is 4.68. The van der Waals surface area contributed by atoms with E-state index in [-0.39, 0.29) is 4.32 Å². The summed E-state index contributed by atoms with van der Waals surface area (Å²) in [6.07, 6.45) is 1.69. The number of hydrazine groups is 1. The maximum absolute atomic E-state index is 12.9. The second-order valence-corrected chi connectivity index (χ2v) is 9.26. The predicted octanol–water partition coefficient (Wildman–Crippen LogP) is 5.47. The molecule has 0 bridgehead atoms. The zero-order valence-corrected chi connectivity index (χ0v) is 20.4. The number of halogens is 1. The molecule has 0 aromatic heterocycles. The van der Waals surface area contributed by atoms with Gasteiger partial charge >= 0.3 is 0 Å². The summed E-state index contributed by atoms with van der Waals surface area (Å²) >= 11 is 12.3. The van der Waals surface area contributed by atoms with Crippen molar-refractivity contribution in [2.75, 3.05) is 7.11 Å². The van der Waals surface area contributed by atoms with Crippen molar-refractivity contribution >= 4 is 57.8 Å². The number of nitrogens with zero attached hydrogens (tertiary/aromatic N) is 1. The van der Waals surface area contributed by atoms with E-state index >= 15 is 0 Å². The van der Waals surface area contributed by atoms with Crippen LogP contribution in [0.15, 0.2) is 77.7 Å². The second kappa shape index (κ2) is 10.7. The first-order valence-electron chi connectivity index (χ1n) is 10.1. The van der Waals surface area contributed by atoms with Gasteiger partial charge in [0, 0.05) is 10.6 Å². The number of nitrogens with one attached hydrogen (secondary N) is 1. The van der Waals surface area contributed by atoms with Crippen LogP contribution in [0.2, 0.25) is 5.02 Å². The maximum Gasteiger partial charge on any atom is 0.285 e. The van der Waals surface area contributed by atoms with Gasteiger partial charge in [-0.25, -0.2) is 0 Å². The molecule has 3 aromatic rings. The van der Waals surface area contributed by atoms with Gasteiger partial charge in [-0.1, -0.05) is 59.8 Å². The lowest BCUT2D eigenvalue weighted by molar-refractivity contribution is -0.123. The van der Waals surface area contributed by atoms with Crippen molar-refractivity contribution in [1.29, 1.82) is 0 Å². The molecule has 1 aliphatic rings. The number of hydrogen-bond acceptors (Lipinski definition) is 6. The highest BCUT2D eigenvalue weighted by atomic mass is 35.5. The number of benzene rings is 3. The zero-order chi connectivity index (χ0) is 24.1. The van der Waals surface area contributed by atoms with Gasteiger partial charge in [-0.2, -0.15) is 5.01 Å². The number of methoxy groups -OCH3 is 1. The smallest absolute Gasteiger partial charge is 0.285 e. The van der Waals surface area contributed by atoms with E-state index in [4.69, 9.17) is 33.3 Å². The molecule has 0 atom stereocenters. The van der Waals surface area contributed by atoms with Crippen molar-refractivity contribution in [3.8, 4) is 11.5 Å². The molecule has 9 heteroatoms. The molecule has 6 nitrogen and oxygen atoms in total. The van der Waals surface area contributed by atoms with E-state index in [0.29, 0.717) is 33.6 Å². The van der Waals surface area contributed by atoms with Crippen molar-refractivity contribution in [2.24, 2.45) is 0 Å². The number of amides is 2. The van der Waals surface area contributed by atoms with Crippen LogP contribution in [-0.2, 0) is 11.4 Å². The SMILES string of the molecule is COc1cc(/C=C2/SC(=S)N(NC(=O)c3ccc(Cl)cc3)C2=O)ccc1OCc1ccccc1. The molecular weight excluding hydrogens is 492 g/mol. The Morgan fingerprint density at radius 1 is 1.09 bits per heavy atom. The third-order valence-electron chi connectivity index (χ3n) is 4.84. The first-order valence-corrected chi connectivity index (χ1v) is 11.7. The Morgan fingerprint density at radius 3 is 2.53 bits per heavy atom. The molecule has 4 rings (SSSR count). The quantitative estimate of drug-likeness (QED) is 0.335. The minimum Gasteiger partial charge on any atom is -0.493 e. The van der Waals surface area contributed by atoms with E-state index in [9.17, 15) is 9.59 Å². The molecule has 1 aliphatic heterocycles. The van der Waals surface area contributed by atoms with Gasteiger partial charge < -0.3 is 9.47 Å². The van der Waals surface area contributed by atoms with Gasteiger partial charge in [0.1, 0.15) is 6.61 Å². The lowest BCUT2D eigenvalue weighted by Crippen LogP contribution is -2.44. The number of carbonyl (C=O) groups is 2. The fraction of sp³-hybridized carbons (Fsp3) is 0.0800. The summed E-state index contributed by atoms with van der Waals surface area (Å²) in [5, 5.41) is 1.58. The Hall–Kier alpha value is -3.33. The van der Waals surface area contributed by atoms with E-state index in [2.05, 4.69) is 5.43 Å². The van der Waals surface area contributed by atoms with E-state index in [1.165, 1.54) is 0 Å². The average molecular weight is 511 g/mol. The monoisotopic (exact) mass is 510 g/mol. The fourth-order valence-electron chi connectivity index (χ4n) is 3.11. The average Bonchev–Trinajstić information content (AvgIpc) is 3.11. The molecular formula is C25H19ClN2O4S2. The van der Waals surface area contributed by atoms with Crippen LogP contribution in [0.3, 0.4) is 0 Å². The van der Waals surface area contributed by atoms with Crippen LogP contribution in [0, 0.1) is 0 Å². The van der Waals surface area contributed by atoms with Crippen LogP contribution in [0.4, 0.5) is 0 Å². The van der Waals surface area contributed by atoms with Gasteiger partial charge in [0.25, 0.3) is 11.8 Å². The molecule has 0 spiro atoms. The van der Waals surface area contributed by atoms with E-state index in [1.807, 2.05) is 36.4 Å². The number of ether oxygens (including phenoxy) is 2. The minimum atomic E-state index is -0.462. The molecule has 0 unspecified atom stereocenters. The number of carbonyl (C=O) groups excluding carboxylic acids is 2. The summed E-state index contributed by atoms with van der Waals surface area (Å²) in [6, 6.07) is 21.5. The van der Waals surface area contributed by atoms with Crippen LogP contribution >= 0.6 is 35.6 Å². The van der Waals surface area contributed by atoms with E-state index in [1.54, 1.807) is 49.6 Å². The normalized spacial score (nSPS) is 14.4. The van der Waals surface area contributed by atoms with E-state index in [0.717, 1.165) is 27.9 Å². The Bertz CT molecular complexity index is 1260. The topological polar surface area (TPSA) is 67.9 Å². The number of hydrogen-bond donors (Lipinski definition) is 1. The van der Waals surface area contributed by atoms with Crippen molar-refractivity contribution in [1.82, 2.24) is 10.4 Å². The number of thioether (sulfide) groups is 1. The summed E-state index contributed by atoms with van der Waals surface area (Å²) < 4.78 is 11.6.